The van der Waals surface area contributed by atoms with Crippen LogP contribution >= 0.6 is 11.8 Å². The number of non-ortho nitro benzene ring substituents is 1. The van der Waals surface area contributed by atoms with Crippen LogP contribution in [0.15, 0.2) is 64.3 Å². The van der Waals surface area contributed by atoms with E-state index in [0.717, 1.165) is 34.1 Å². The molecule has 0 amide bonds. The highest BCUT2D eigenvalue weighted by molar-refractivity contribution is 8.05. The summed E-state index contributed by atoms with van der Waals surface area (Å²) in [6, 6.07) is 12.4. The molecule has 0 saturated carbocycles. The van der Waals surface area contributed by atoms with Gasteiger partial charge in [0.05, 0.1) is 21.6 Å². The van der Waals surface area contributed by atoms with E-state index in [9.17, 15) is 10.1 Å². The number of aliphatic imine (C=N–C) groups is 1. The summed E-state index contributed by atoms with van der Waals surface area (Å²) < 4.78 is 0. The Morgan fingerprint density at radius 2 is 2.07 bits per heavy atom. The second-order valence-corrected chi connectivity index (χ2v) is 7.32. The van der Waals surface area contributed by atoms with Crippen molar-refractivity contribution in [3.8, 4) is 0 Å². The lowest BCUT2D eigenvalue weighted by atomic mass is 10.0. The summed E-state index contributed by atoms with van der Waals surface area (Å²) in [5, 5.41) is 14.1. The van der Waals surface area contributed by atoms with E-state index in [2.05, 4.69) is 26.1 Å². The minimum atomic E-state index is -0.388. The Kier molecular flexibility index (Phi) is 4.78. The van der Waals surface area contributed by atoms with Gasteiger partial charge in [-0.15, -0.1) is 0 Å². The van der Waals surface area contributed by atoms with Crippen molar-refractivity contribution in [2.75, 3.05) is 5.32 Å². The SMILES string of the molecule is CC1=NC(Nc2ccccn2)SC1=C1CC(c2ccc([N+](=O)[O-])cc2)NN1. The summed E-state index contributed by atoms with van der Waals surface area (Å²) in [7, 11) is 0. The molecular formula is C18H18N6O2S. The van der Waals surface area contributed by atoms with E-state index in [1.54, 1.807) is 30.1 Å². The fourth-order valence-electron chi connectivity index (χ4n) is 3.04. The molecule has 0 aliphatic carbocycles. The molecule has 1 aromatic heterocycles. The number of aromatic nitrogens is 1. The molecule has 4 rings (SSSR count). The average molecular weight is 382 g/mol. The molecule has 2 atom stereocenters. The van der Waals surface area contributed by atoms with E-state index in [0.29, 0.717) is 0 Å². The van der Waals surface area contributed by atoms with E-state index in [1.165, 1.54) is 12.1 Å². The Bertz CT molecular complexity index is 913. The van der Waals surface area contributed by atoms with E-state index in [4.69, 9.17) is 0 Å². The minimum absolute atomic E-state index is 0.0597. The molecule has 0 spiro atoms. The fraction of sp³-hybridized carbons (Fsp3) is 0.222. The molecule has 3 heterocycles. The van der Waals surface area contributed by atoms with Gasteiger partial charge in [-0.1, -0.05) is 30.0 Å². The van der Waals surface area contributed by atoms with Crippen LogP contribution < -0.4 is 16.2 Å². The van der Waals surface area contributed by atoms with Gasteiger partial charge in [0.25, 0.3) is 5.69 Å². The van der Waals surface area contributed by atoms with Crippen molar-refractivity contribution in [2.45, 2.75) is 24.9 Å². The lowest BCUT2D eigenvalue weighted by Gasteiger charge is -2.10. The zero-order valence-electron chi connectivity index (χ0n) is 14.5. The third-order valence-corrected chi connectivity index (χ3v) is 5.62. The van der Waals surface area contributed by atoms with Crippen LogP contribution in [0.1, 0.15) is 24.9 Å². The number of hydrogen-bond donors (Lipinski definition) is 3. The first-order chi connectivity index (χ1) is 13.1. The van der Waals surface area contributed by atoms with Crippen molar-refractivity contribution in [3.63, 3.8) is 0 Å². The zero-order chi connectivity index (χ0) is 18.8. The highest BCUT2D eigenvalue weighted by Gasteiger charge is 2.29. The monoisotopic (exact) mass is 382 g/mol. The molecule has 3 N–H and O–H groups in total. The zero-order valence-corrected chi connectivity index (χ0v) is 15.4. The number of nitro groups is 1. The topological polar surface area (TPSA) is 104 Å². The third kappa shape index (κ3) is 3.79. The second kappa shape index (κ2) is 7.37. The maximum atomic E-state index is 10.8. The van der Waals surface area contributed by atoms with Gasteiger partial charge in [-0.05, 0) is 24.6 Å². The molecule has 2 aliphatic heterocycles. The van der Waals surface area contributed by atoms with Gasteiger partial charge in [-0.25, -0.2) is 10.4 Å². The number of hydrogen-bond acceptors (Lipinski definition) is 8. The molecule has 0 radical (unpaired) electrons. The maximum absolute atomic E-state index is 10.8. The van der Waals surface area contributed by atoms with Crippen LogP contribution in [0.5, 0.6) is 0 Å². The van der Waals surface area contributed by atoms with Crippen LogP contribution in [0, 0.1) is 10.1 Å². The number of nitro benzene ring substituents is 1. The summed E-state index contributed by atoms with van der Waals surface area (Å²) in [5.41, 5.74) is 9.55. The van der Waals surface area contributed by atoms with Crippen LogP contribution in [-0.4, -0.2) is 21.1 Å². The largest absolute Gasteiger partial charge is 0.340 e. The van der Waals surface area contributed by atoms with Gasteiger partial charge in [0, 0.05) is 30.4 Å². The van der Waals surface area contributed by atoms with Crippen molar-refractivity contribution in [2.24, 2.45) is 4.99 Å². The van der Waals surface area contributed by atoms with Crippen LogP contribution in [0.3, 0.4) is 0 Å². The molecule has 27 heavy (non-hydrogen) atoms. The predicted octanol–water partition coefficient (Wildman–Crippen LogP) is 3.34. The first-order valence-electron chi connectivity index (χ1n) is 8.48. The summed E-state index contributed by atoms with van der Waals surface area (Å²) in [4.78, 5) is 20.5. The number of anilines is 1. The Balaban J connectivity index is 1.45. The Morgan fingerprint density at radius 1 is 1.26 bits per heavy atom. The van der Waals surface area contributed by atoms with Crippen LogP contribution in [0.4, 0.5) is 11.5 Å². The molecule has 2 aliphatic rings. The van der Waals surface area contributed by atoms with Crippen molar-refractivity contribution >= 4 is 29.0 Å². The van der Waals surface area contributed by atoms with Crippen molar-refractivity contribution in [3.05, 3.63) is 74.9 Å². The molecule has 0 bridgehead atoms. The maximum Gasteiger partial charge on any atom is 0.269 e. The highest BCUT2D eigenvalue weighted by Crippen LogP contribution is 2.37. The van der Waals surface area contributed by atoms with Gasteiger partial charge in [0.2, 0.25) is 0 Å². The second-order valence-electron chi connectivity index (χ2n) is 6.23. The van der Waals surface area contributed by atoms with Crippen molar-refractivity contribution in [1.29, 1.82) is 0 Å². The van der Waals surface area contributed by atoms with Crippen LogP contribution in [0.2, 0.25) is 0 Å². The van der Waals surface area contributed by atoms with Crippen LogP contribution in [-0.2, 0) is 0 Å². The standard InChI is InChI=1S/C18H18N6O2S/c1-11-17(27-18(20-11)21-16-4-2-3-9-19-16)15-10-14(22-23-15)12-5-7-13(8-6-12)24(25)26/h2-9,14,18,22-23H,10H2,1H3,(H,19,21). The Morgan fingerprint density at radius 3 is 2.78 bits per heavy atom. The Labute approximate surface area is 160 Å². The summed E-state index contributed by atoms with van der Waals surface area (Å²) in [5.74, 6) is 0.791. The summed E-state index contributed by atoms with van der Waals surface area (Å²) in [6.07, 6.45) is 2.51. The molecule has 9 heteroatoms. The first-order valence-corrected chi connectivity index (χ1v) is 9.36. The number of benzene rings is 1. The van der Waals surface area contributed by atoms with Gasteiger partial charge in [0.1, 0.15) is 5.82 Å². The van der Waals surface area contributed by atoms with Crippen molar-refractivity contribution < 1.29 is 4.92 Å². The smallest absolute Gasteiger partial charge is 0.269 e. The number of rotatable bonds is 4. The molecule has 138 valence electrons. The molecule has 1 aromatic carbocycles. The van der Waals surface area contributed by atoms with Crippen molar-refractivity contribution in [1.82, 2.24) is 15.8 Å². The fourth-order valence-corrected chi connectivity index (χ4v) is 4.16. The van der Waals surface area contributed by atoms with Gasteiger partial charge in [-0.2, -0.15) is 0 Å². The number of allylic oxidation sites excluding steroid dienone is 1. The molecule has 1 fully saturated rings. The molecule has 1 saturated heterocycles. The first kappa shape index (κ1) is 17.5. The van der Waals surface area contributed by atoms with E-state index >= 15 is 0 Å². The quantitative estimate of drug-likeness (QED) is 0.550. The predicted molar refractivity (Wildman–Crippen MR) is 106 cm³/mol. The van der Waals surface area contributed by atoms with Gasteiger partial charge >= 0.3 is 0 Å². The molecular weight excluding hydrogens is 364 g/mol. The van der Waals surface area contributed by atoms with E-state index in [1.807, 2.05) is 25.1 Å². The molecule has 2 unspecified atom stereocenters. The van der Waals surface area contributed by atoms with Crippen LogP contribution in [0.25, 0.3) is 0 Å². The van der Waals surface area contributed by atoms with Gasteiger partial charge in [-0.3, -0.25) is 15.1 Å². The summed E-state index contributed by atoms with van der Waals surface area (Å²) in [6.45, 7) is 2.00. The molecule has 2 aromatic rings. The number of nitrogens with zero attached hydrogens (tertiary/aromatic N) is 3. The third-order valence-electron chi connectivity index (χ3n) is 4.39. The van der Waals surface area contributed by atoms with E-state index in [-0.39, 0.29) is 22.2 Å². The van der Waals surface area contributed by atoms with Gasteiger partial charge < -0.3 is 10.7 Å². The Hall–Kier alpha value is -2.91. The van der Waals surface area contributed by atoms with E-state index < -0.39 is 0 Å². The summed E-state index contributed by atoms with van der Waals surface area (Å²) >= 11 is 1.65. The van der Waals surface area contributed by atoms with Gasteiger partial charge in [0.15, 0.2) is 5.50 Å². The number of pyridine rings is 1. The number of thioether (sulfide) groups is 1. The minimum Gasteiger partial charge on any atom is -0.340 e. The molecule has 8 nitrogen and oxygen atoms in total. The number of hydrazine groups is 1. The lowest BCUT2D eigenvalue weighted by molar-refractivity contribution is -0.384. The normalized spacial score (nSPS) is 24.4. The highest BCUT2D eigenvalue weighted by atomic mass is 32.2. The lowest BCUT2D eigenvalue weighted by Crippen LogP contribution is -2.24. The average Bonchev–Trinajstić information content (AvgIpc) is 3.29. The number of nitrogens with one attached hydrogen (secondary N) is 3.